The van der Waals surface area contributed by atoms with Gasteiger partial charge in [-0.15, -0.1) is 0 Å². The number of rotatable bonds is 0. The number of para-hydroxylation sites is 1. The van der Waals surface area contributed by atoms with Crippen molar-refractivity contribution in [2.24, 2.45) is 5.73 Å². The minimum Gasteiger partial charge on any atom is -0.421 e. The molecule has 0 amide bonds. The fraction of sp³-hybridized carbons (Fsp3) is 0.200. The van der Waals surface area contributed by atoms with Crippen molar-refractivity contribution >= 4 is 39.5 Å². The third-order valence-electron chi connectivity index (χ3n) is 2.68. The maximum absolute atomic E-state index is 5.88. The first-order valence-electron chi connectivity index (χ1n) is 4.61. The Morgan fingerprint density at radius 1 is 1.40 bits per heavy atom. The van der Waals surface area contributed by atoms with Crippen LogP contribution < -0.4 is 13.2 Å². The van der Waals surface area contributed by atoms with Crippen molar-refractivity contribution < 1.29 is 9.15 Å². The first kappa shape index (κ1) is 9.44. The molecule has 0 saturated carbocycles. The van der Waals surface area contributed by atoms with Gasteiger partial charge >= 0.3 is 12.3 Å². The van der Waals surface area contributed by atoms with Crippen LogP contribution in [0.4, 0.5) is 5.69 Å². The van der Waals surface area contributed by atoms with Gasteiger partial charge in [-0.25, -0.2) is 5.73 Å². The number of furan rings is 1. The minimum absolute atomic E-state index is 0.399. The van der Waals surface area contributed by atoms with E-state index in [-0.39, 0.29) is 0 Å². The summed E-state index contributed by atoms with van der Waals surface area (Å²) in [4.78, 5) is 0. The lowest BCUT2D eigenvalue weighted by Crippen LogP contribution is -2.49. The molecular weight excluding hydrogens is 307 g/mol. The predicted octanol–water partition coefficient (Wildman–Crippen LogP) is 2.35. The van der Waals surface area contributed by atoms with Gasteiger partial charge in [-0.05, 0) is 12.1 Å². The molecule has 0 bridgehead atoms. The van der Waals surface area contributed by atoms with Crippen molar-refractivity contribution in [2.45, 2.75) is 6.35 Å². The summed E-state index contributed by atoms with van der Waals surface area (Å²) in [6.07, 6.45) is -0.399. The van der Waals surface area contributed by atoms with Crippen LogP contribution in [0, 0.1) is 0 Å². The van der Waals surface area contributed by atoms with E-state index in [1.54, 1.807) is 0 Å². The molecule has 5 heteroatoms. The van der Waals surface area contributed by atoms with Crippen molar-refractivity contribution in [3.63, 3.8) is 0 Å². The summed E-state index contributed by atoms with van der Waals surface area (Å²) in [5, 5.41) is 1.07. The average Bonchev–Trinajstić information content (AvgIpc) is 2.64. The van der Waals surface area contributed by atoms with Crippen LogP contribution in [0.5, 0.6) is 5.95 Å². The van der Waals surface area contributed by atoms with E-state index in [0.717, 1.165) is 16.7 Å². The lowest BCUT2D eigenvalue weighted by Gasteiger charge is -2.21. The van der Waals surface area contributed by atoms with Gasteiger partial charge in [0.05, 0.1) is 12.4 Å². The molecule has 1 aliphatic heterocycles. The van der Waals surface area contributed by atoms with Gasteiger partial charge in [0.2, 0.25) is 5.69 Å². The van der Waals surface area contributed by atoms with Crippen LogP contribution >= 0.6 is 22.9 Å². The van der Waals surface area contributed by atoms with Gasteiger partial charge in [0.1, 0.15) is 5.58 Å². The van der Waals surface area contributed by atoms with Crippen LogP contribution in [0.25, 0.3) is 11.0 Å². The van der Waals surface area contributed by atoms with Crippen molar-refractivity contribution in [2.75, 3.05) is 7.05 Å². The number of fused-ring (bicyclic) bond motifs is 3. The third kappa shape index (κ3) is 1.14. The molecule has 2 aromatic rings. The highest BCUT2D eigenvalue weighted by Crippen LogP contribution is 2.50. The standard InChI is InChI=1S/C10H10IN2O2/c1-13(11)8-6-4-2-3-5-7(6)14-9(8)15-10(13)12/h2-5,10H,12H2,1H3/q+1/t10?,13-/m1/s1. The topological polar surface area (TPSA) is 48.4 Å². The second kappa shape index (κ2) is 2.87. The average molecular weight is 317 g/mol. The summed E-state index contributed by atoms with van der Waals surface area (Å²) in [5.41, 5.74) is 7.74. The summed E-state index contributed by atoms with van der Waals surface area (Å²) in [6.45, 7) is 0. The molecule has 3 rings (SSSR count). The smallest absolute Gasteiger partial charge is 0.356 e. The molecule has 0 radical (unpaired) electrons. The Morgan fingerprint density at radius 3 is 2.93 bits per heavy atom. The molecule has 0 aliphatic carbocycles. The van der Waals surface area contributed by atoms with Gasteiger partial charge in [0.25, 0.3) is 22.9 Å². The van der Waals surface area contributed by atoms with Crippen LogP contribution in [-0.2, 0) is 0 Å². The number of ether oxygens (including phenoxy) is 1. The number of halogens is 1. The Hall–Kier alpha value is -0.790. The van der Waals surface area contributed by atoms with Gasteiger partial charge in [0, 0.05) is 0 Å². The van der Waals surface area contributed by atoms with E-state index in [1.165, 1.54) is 0 Å². The molecule has 78 valence electrons. The maximum Gasteiger partial charge on any atom is 0.356 e. The highest BCUT2D eigenvalue weighted by atomic mass is 127. The normalized spacial score (nSPS) is 29.1. The second-order valence-corrected chi connectivity index (χ2v) is 5.71. The highest BCUT2D eigenvalue weighted by Gasteiger charge is 2.47. The van der Waals surface area contributed by atoms with E-state index < -0.39 is 6.35 Å². The van der Waals surface area contributed by atoms with Gasteiger partial charge in [0.15, 0.2) is 0 Å². The van der Waals surface area contributed by atoms with E-state index in [0.29, 0.717) is 8.64 Å². The fourth-order valence-electron chi connectivity index (χ4n) is 1.84. The summed E-state index contributed by atoms with van der Waals surface area (Å²) in [5.74, 6) is 0.542. The molecular formula is C10H10IN2O2+. The van der Waals surface area contributed by atoms with Crippen LogP contribution in [0.15, 0.2) is 28.7 Å². The number of hydrogen-bond donors (Lipinski definition) is 1. The van der Waals surface area contributed by atoms with Crippen molar-refractivity contribution in [1.82, 2.24) is 2.70 Å². The van der Waals surface area contributed by atoms with Crippen molar-refractivity contribution in [3.8, 4) is 5.95 Å². The van der Waals surface area contributed by atoms with Gasteiger partial charge < -0.3 is 9.15 Å². The third-order valence-corrected chi connectivity index (χ3v) is 3.71. The molecule has 1 aromatic carbocycles. The lowest BCUT2D eigenvalue weighted by atomic mass is 10.2. The molecule has 15 heavy (non-hydrogen) atoms. The Balaban J connectivity index is 2.36. The maximum atomic E-state index is 5.88. The predicted molar refractivity (Wildman–Crippen MR) is 66.6 cm³/mol. The lowest BCUT2D eigenvalue weighted by molar-refractivity contribution is 0.141. The van der Waals surface area contributed by atoms with Gasteiger partial charge in [-0.2, -0.15) is 2.70 Å². The largest absolute Gasteiger partial charge is 0.421 e. The summed E-state index contributed by atoms with van der Waals surface area (Å²) >= 11 is 2.26. The zero-order chi connectivity index (χ0) is 10.6. The summed E-state index contributed by atoms with van der Waals surface area (Å²) in [6, 6.07) is 7.88. The SMILES string of the molecule is C[N@@+]1(I)c2c(oc3ccccc23)OC1N. The molecule has 1 aromatic heterocycles. The van der Waals surface area contributed by atoms with Crippen molar-refractivity contribution in [1.29, 1.82) is 0 Å². The first-order chi connectivity index (χ1) is 7.10. The molecule has 2 heterocycles. The van der Waals surface area contributed by atoms with E-state index in [1.807, 2.05) is 31.3 Å². The van der Waals surface area contributed by atoms with Crippen LogP contribution in [0.1, 0.15) is 0 Å². The number of nitrogens with two attached hydrogens (primary N) is 1. The number of nitrogens with zero attached hydrogens (tertiary/aromatic N) is 1. The monoisotopic (exact) mass is 317 g/mol. The molecule has 2 N–H and O–H groups in total. The Morgan fingerprint density at radius 2 is 2.13 bits per heavy atom. The number of hydrogen-bond acceptors (Lipinski definition) is 3. The van der Waals surface area contributed by atoms with Crippen LogP contribution in [-0.4, -0.2) is 13.4 Å². The molecule has 1 unspecified atom stereocenters. The van der Waals surface area contributed by atoms with Crippen molar-refractivity contribution in [3.05, 3.63) is 24.3 Å². The second-order valence-electron chi connectivity index (χ2n) is 3.70. The summed E-state index contributed by atoms with van der Waals surface area (Å²) < 4.78 is 11.5. The number of benzene rings is 1. The summed E-state index contributed by atoms with van der Waals surface area (Å²) in [7, 11) is 2.00. The Kier molecular flexibility index (Phi) is 1.80. The van der Waals surface area contributed by atoms with Crippen LogP contribution in [0.2, 0.25) is 0 Å². The number of quaternary nitrogens is 1. The Labute approximate surface area is 101 Å². The molecule has 0 fully saturated rings. The van der Waals surface area contributed by atoms with Gasteiger partial charge in [-0.3, -0.25) is 0 Å². The zero-order valence-corrected chi connectivity index (χ0v) is 10.3. The Bertz CT molecular complexity index is 535. The molecule has 1 aliphatic rings. The minimum atomic E-state index is -0.399. The quantitative estimate of drug-likeness (QED) is 0.599. The molecule has 0 saturated heterocycles. The van der Waals surface area contributed by atoms with E-state index >= 15 is 0 Å². The molecule has 2 atom stereocenters. The first-order valence-corrected chi connectivity index (χ1v) is 5.57. The fourth-order valence-corrected chi connectivity index (χ4v) is 2.41. The van der Waals surface area contributed by atoms with E-state index in [2.05, 4.69) is 22.9 Å². The molecule has 0 spiro atoms. The van der Waals surface area contributed by atoms with E-state index in [9.17, 15) is 0 Å². The van der Waals surface area contributed by atoms with Gasteiger partial charge in [-0.1, -0.05) is 12.1 Å². The highest BCUT2D eigenvalue weighted by molar-refractivity contribution is 14.1. The van der Waals surface area contributed by atoms with Crippen LogP contribution in [0.3, 0.4) is 0 Å². The van der Waals surface area contributed by atoms with E-state index in [4.69, 9.17) is 14.9 Å². The zero-order valence-electron chi connectivity index (χ0n) is 8.11. The molecule has 4 nitrogen and oxygen atoms in total.